The van der Waals surface area contributed by atoms with Gasteiger partial charge in [-0.25, -0.2) is 9.90 Å². The van der Waals surface area contributed by atoms with E-state index in [1.165, 1.54) is 6.92 Å². The van der Waals surface area contributed by atoms with Crippen LogP contribution in [0.5, 0.6) is 0 Å². The maximum atomic E-state index is 11.4. The number of piperazine rings is 1. The molecule has 0 aliphatic carbocycles. The van der Waals surface area contributed by atoms with Crippen molar-refractivity contribution < 1.29 is 14.7 Å². The summed E-state index contributed by atoms with van der Waals surface area (Å²) in [6, 6.07) is -0.214. The molecule has 0 unspecified atom stereocenters. The maximum absolute atomic E-state index is 11.4. The lowest BCUT2D eigenvalue weighted by Crippen LogP contribution is -2.53. The summed E-state index contributed by atoms with van der Waals surface area (Å²) in [6.07, 6.45) is 0. The molecule has 1 aliphatic rings. The van der Waals surface area contributed by atoms with E-state index in [9.17, 15) is 14.7 Å². The van der Waals surface area contributed by atoms with Crippen LogP contribution in [0, 0.1) is 0 Å². The summed E-state index contributed by atoms with van der Waals surface area (Å²) in [7, 11) is 0. The summed E-state index contributed by atoms with van der Waals surface area (Å²) < 4.78 is 0. The third kappa shape index (κ3) is 3.39. The zero-order chi connectivity index (χ0) is 11.3. The molecule has 1 fully saturated rings. The number of hydrogen-bond acceptors (Lipinski definition) is 2. The minimum atomic E-state index is -0.306. The van der Waals surface area contributed by atoms with Crippen molar-refractivity contribution in [1.29, 1.82) is 0 Å². The topological polar surface area (TPSA) is 72.6 Å². The first-order chi connectivity index (χ1) is 7.15. The second-order valence-corrected chi connectivity index (χ2v) is 3.43. The summed E-state index contributed by atoms with van der Waals surface area (Å²) in [4.78, 5) is 25.7. The van der Waals surface area contributed by atoms with Gasteiger partial charge in [0.25, 0.3) is 0 Å². The lowest BCUT2D eigenvalue weighted by molar-refractivity contribution is -0.130. The Kier molecular flexibility index (Phi) is 4.36. The fourth-order valence-electron chi connectivity index (χ4n) is 1.49. The molecule has 1 radical (unpaired) electrons. The van der Waals surface area contributed by atoms with Gasteiger partial charge in [0.05, 0.1) is 6.61 Å². The highest BCUT2D eigenvalue weighted by Gasteiger charge is 2.21. The van der Waals surface area contributed by atoms with Gasteiger partial charge in [-0.3, -0.25) is 4.79 Å². The van der Waals surface area contributed by atoms with E-state index in [-0.39, 0.29) is 25.1 Å². The van der Waals surface area contributed by atoms with Gasteiger partial charge >= 0.3 is 6.03 Å². The van der Waals surface area contributed by atoms with Gasteiger partial charge in [-0.1, -0.05) is 0 Å². The van der Waals surface area contributed by atoms with Gasteiger partial charge in [0, 0.05) is 39.6 Å². The fraction of sp³-hybridized carbons (Fsp3) is 0.778. The number of hydrogen-bond donors (Lipinski definition) is 1. The highest BCUT2D eigenvalue weighted by molar-refractivity contribution is 5.76. The SMILES string of the molecule is CC(=O)N1CCN(C(=O)NCC[O])CC1. The molecule has 1 aliphatic heterocycles. The minimum Gasteiger partial charge on any atom is -0.339 e. The van der Waals surface area contributed by atoms with Crippen LogP contribution in [0.4, 0.5) is 4.79 Å². The normalized spacial score (nSPS) is 16.4. The van der Waals surface area contributed by atoms with Gasteiger partial charge in [0.15, 0.2) is 0 Å². The van der Waals surface area contributed by atoms with E-state index in [4.69, 9.17) is 0 Å². The molecule has 3 amide bonds. The largest absolute Gasteiger partial charge is 0.339 e. The van der Waals surface area contributed by atoms with Crippen LogP contribution >= 0.6 is 0 Å². The smallest absolute Gasteiger partial charge is 0.317 e. The molecular weight excluding hydrogens is 198 g/mol. The van der Waals surface area contributed by atoms with Gasteiger partial charge in [-0.05, 0) is 0 Å². The van der Waals surface area contributed by atoms with Crippen LogP contribution in [0.15, 0.2) is 0 Å². The third-order valence-corrected chi connectivity index (χ3v) is 2.39. The Bertz CT molecular complexity index is 237. The first-order valence-electron chi connectivity index (χ1n) is 5.01. The van der Waals surface area contributed by atoms with Crippen molar-refractivity contribution >= 4 is 11.9 Å². The van der Waals surface area contributed by atoms with Gasteiger partial charge < -0.3 is 15.1 Å². The molecule has 0 saturated carbocycles. The molecular formula is C9H16N3O3. The van der Waals surface area contributed by atoms with Crippen LogP contribution in [0.3, 0.4) is 0 Å². The van der Waals surface area contributed by atoms with Crippen molar-refractivity contribution in [3.05, 3.63) is 0 Å². The van der Waals surface area contributed by atoms with Gasteiger partial charge in [-0.2, -0.15) is 0 Å². The standard InChI is InChI=1S/C9H16N3O3/c1-8(14)11-3-5-12(6-4-11)9(15)10-2-7-13/h2-7H2,1H3,(H,10,15). The Hall–Kier alpha value is -1.30. The second kappa shape index (κ2) is 5.55. The van der Waals surface area contributed by atoms with Crippen LogP contribution in [0.2, 0.25) is 0 Å². The Morgan fingerprint density at radius 2 is 1.67 bits per heavy atom. The molecule has 0 atom stereocenters. The molecule has 0 aromatic rings. The lowest BCUT2D eigenvalue weighted by atomic mass is 10.3. The number of carbonyl (C=O) groups excluding carboxylic acids is 2. The summed E-state index contributed by atoms with van der Waals surface area (Å²) in [6.45, 7) is 3.58. The van der Waals surface area contributed by atoms with Crippen LogP contribution in [-0.4, -0.2) is 61.1 Å². The van der Waals surface area contributed by atoms with Crippen LogP contribution < -0.4 is 5.32 Å². The minimum absolute atomic E-state index is 0.0367. The van der Waals surface area contributed by atoms with Crippen molar-refractivity contribution in [3.63, 3.8) is 0 Å². The highest BCUT2D eigenvalue weighted by Crippen LogP contribution is 2.01. The van der Waals surface area contributed by atoms with Gasteiger partial charge in [0.1, 0.15) is 0 Å². The van der Waals surface area contributed by atoms with Crippen molar-refractivity contribution in [1.82, 2.24) is 15.1 Å². The van der Waals surface area contributed by atoms with Crippen molar-refractivity contribution in [2.45, 2.75) is 6.92 Å². The monoisotopic (exact) mass is 214 g/mol. The molecule has 1 rings (SSSR count). The summed E-state index contributed by atoms with van der Waals surface area (Å²) in [5.41, 5.74) is 0. The Morgan fingerprint density at radius 1 is 1.13 bits per heavy atom. The predicted octanol–water partition coefficient (Wildman–Crippen LogP) is -0.709. The fourth-order valence-corrected chi connectivity index (χ4v) is 1.49. The van der Waals surface area contributed by atoms with Crippen molar-refractivity contribution in [2.75, 3.05) is 39.3 Å². The number of nitrogens with one attached hydrogen (secondary N) is 1. The van der Waals surface area contributed by atoms with E-state index >= 15 is 0 Å². The molecule has 0 spiro atoms. The van der Waals surface area contributed by atoms with Gasteiger partial charge in [0.2, 0.25) is 5.91 Å². The zero-order valence-corrected chi connectivity index (χ0v) is 8.86. The third-order valence-electron chi connectivity index (χ3n) is 2.39. The highest BCUT2D eigenvalue weighted by atomic mass is 16.3. The molecule has 85 valence electrons. The molecule has 1 N–H and O–H groups in total. The summed E-state index contributed by atoms with van der Waals surface area (Å²) >= 11 is 0. The van der Waals surface area contributed by atoms with Crippen molar-refractivity contribution in [2.24, 2.45) is 0 Å². The first kappa shape index (κ1) is 11.8. The van der Waals surface area contributed by atoms with Crippen LogP contribution in [0.1, 0.15) is 6.92 Å². The van der Waals surface area contributed by atoms with E-state index < -0.39 is 0 Å². The number of amides is 3. The quantitative estimate of drug-likeness (QED) is 0.659. The Labute approximate surface area is 88.8 Å². The number of carbonyl (C=O) groups is 2. The number of urea groups is 1. The van der Waals surface area contributed by atoms with Gasteiger partial charge in [-0.15, -0.1) is 0 Å². The second-order valence-electron chi connectivity index (χ2n) is 3.43. The first-order valence-corrected chi connectivity index (χ1v) is 5.01. The molecule has 6 heteroatoms. The lowest BCUT2D eigenvalue weighted by Gasteiger charge is -2.34. The number of nitrogens with zero attached hydrogens (tertiary/aromatic N) is 2. The van der Waals surface area contributed by atoms with E-state index in [0.717, 1.165) is 0 Å². The predicted molar refractivity (Wildman–Crippen MR) is 52.8 cm³/mol. The molecule has 15 heavy (non-hydrogen) atoms. The van der Waals surface area contributed by atoms with Crippen LogP contribution in [-0.2, 0) is 9.90 Å². The molecule has 0 bridgehead atoms. The van der Waals surface area contributed by atoms with Crippen molar-refractivity contribution in [3.8, 4) is 0 Å². The molecule has 6 nitrogen and oxygen atoms in total. The van der Waals surface area contributed by atoms with E-state index in [0.29, 0.717) is 26.2 Å². The van der Waals surface area contributed by atoms with E-state index in [1.54, 1.807) is 9.80 Å². The molecule has 0 aromatic carbocycles. The average Bonchev–Trinajstić information content (AvgIpc) is 2.26. The average molecular weight is 214 g/mol. The summed E-state index contributed by atoms with van der Waals surface area (Å²) in [5, 5.41) is 12.7. The number of rotatable bonds is 2. The van der Waals surface area contributed by atoms with E-state index in [2.05, 4.69) is 5.32 Å². The maximum Gasteiger partial charge on any atom is 0.317 e. The Balaban J connectivity index is 2.30. The van der Waals surface area contributed by atoms with E-state index in [1.807, 2.05) is 0 Å². The molecule has 1 saturated heterocycles. The molecule has 1 heterocycles. The molecule has 0 aromatic heterocycles. The van der Waals surface area contributed by atoms with Crippen LogP contribution in [0.25, 0.3) is 0 Å². The summed E-state index contributed by atoms with van der Waals surface area (Å²) in [5.74, 6) is 0.0367. The Morgan fingerprint density at radius 3 is 2.13 bits per heavy atom. The zero-order valence-electron chi connectivity index (χ0n) is 8.86.